The van der Waals surface area contributed by atoms with Crippen LogP contribution in [0.3, 0.4) is 0 Å². The van der Waals surface area contributed by atoms with Gasteiger partial charge < -0.3 is 0 Å². The van der Waals surface area contributed by atoms with Crippen molar-refractivity contribution in [1.29, 1.82) is 0 Å². The standard InChI is InChI=1S/C17H25NO/c1-4-15-11-8-12-18(15)13-17(2,3)16(19)14-9-6-5-7-10-14/h5-7,9-10,15H,4,8,11-13H2,1-3H3. The first-order chi connectivity index (χ1) is 9.04. The van der Waals surface area contributed by atoms with Crippen molar-refractivity contribution in [2.75, 3.05) is 13.1 Å². The van der Waals surface area contributed by atoms with E-state index < -0.39 is 0 Å². The van der Waals surface area contributed by atoms with E-state index in [2.05, 4.69) is 25.7 Å². The molecule has 2 nitrogen and oxygen atoms in total. The van der Waals surface area contributed by atoms with Crippen molar-refractivity contribution in [3.63, 3.8) is 0 Å². The van der Waals surface area contributed by atoms with Crippen molar-refractivity contribution in [2.24, 2.45) is 5.41 Å². The van der Waals surface area contributed by atoms with Gasteiger partial charge >= 0.3 is 0 Å². The monoisotopic (exact) mass is 259 g/mol. The van der Waals surface area contributed by atoms with Gasteiger partial charge in [0.1, 0.15) is 0 Å². The Morgan fingerprint density at radius 3 is 2.63 bits per heavy atom. The van der Waals surface area contributed by atoms with Gasteiger partial charge in [0.25, 0.3) is 0 Å². The molecule has 1 saturated heterocycles. The Labute approximate surface area is 116 Å². The van der Waals surface area contributed by atoms with Gasteiger partial charge in [-0.2, -0.15) is 0 Å². The summed E-state index contributed by atoms with van der Waals surface area (Å²) >= 11 is 0. The SMILES string of the molecule is CCC1CCCN1CC(C)(C)C(=O)c1ccccc1. The van der Waals surface area contributed by atoms with E-state index in [1.165, 1.54) is 19.3 Å². The molecule has 0 aliphatic carbocycles. The first-order valence-corrected chi connectivity index (χ1v) is 7.38. The second-order valence-corrected chi connectivity index (χ2v) is 6.25. The minimum Gasteiger partial charge on any atom is -0.299 e. The molecule has 2 heteroatoms. The maximum Gasteiger partial charge on any atom is 0.169 e. The van der Waals surface area contributed by atoms with Crippen LogP contribution in [0.25, 0.3) is 0 Å². The number of likely N-dealkylation sites (tertiary alicyclic amines) is 1. The summed E-state index contributed by atoms with van der Waals surface area (Å²) in [5.41, 5.74) is 0.527. The van der Waals surface area contributed by atoms with Crippen LogP contribution in [0.2, 0.25) is 0 Å². The fourth-order valence-corrected chi connectivity index (χ4v) is 3.13. The molecule has 1 aromatic carbocycles. The lowest BCUT2D eigenvalue weighted by atomic mass is 9.83. The van der Waals surface area contributed by atoms with Gasteiger partial charge in [0.15, 0.2) is 5.78 Å². The third-order valence-corrected chi connectivity index (χ3v) is 4.22. The predicted octanol–water partition coefficient (Wildman–Crippen LogP) is 3.77. The lowest BCUT2D eigenvalue weighted by Crippen LogP contribution is -2.41. The highest BCUT2D eigenvalue weighted by molar-refractivity contribution is 6.00. The molecule has 1 heterocycles. The molecular formula is C17H25NO. The van der Waals surface area contributed by atoms with Crippen molar-refractivity contribution in [2.45, 2.75) is 46.1 Å². The van der Waals surface area contributed by atoms with Gasteiger partial charge in [-0.15, -0.1) is 0 Å². The molecule has 1 unspecified atom stereocenters. The number of carbonyl (C=O) groups excluding carboxylic acids is 1. The predicted molar refractivity (Wildman–Crippen MR) is 79.4 cm³/mol. The van der Waals surface area contributed by atoms with Crippen LogP contribution in [-0.2, 0) is 0 Å². The van der Waals surface area contributed by atoms with Crippen LogP contribution < -0.4 is 0 Å². The summed E-state index contributed by atoms with van der Waals surface area (Å²) in [6, 6.07) is 10.3. The van der Waals surface area contributed by atoms with Gasteiger partial charge in [-0.3, -0.25) is 9.69 Å². The summed E-state index contributed by atoms with van der Waals surface area (Å²) in [4.78, 5) is 15.1. The number of ketones is 1. The lowest BCUT2D eigenvalue weighted by molar-refractivity contribution is 0.0750. The maximum atomic E-state index is 12.6. The Morgan fingerprint density at radius 1 is 1.32 bits per heavy atom. The van der Waals surface area contributed by atoms with Crippen LogP contribution in [0.4, 0.5) is 0 Å². The number of Topliss-reactive ketones (excluding diaryl/α,β-unsaturated/α-hetero) is 1. The fraction of sp³-hybridized carbons (Fsp3) is 0.588. The van der Waals surface area contributed by atoms with E-state index in [0.717, 1.165) is 18.7 Å². The molecule has 0 saturated carbocycles. The van der Waals surface area contributed by atoms with Gasteiger partial charge in [-0.1, -0.05) is 51.1 Å². The quantitative estimate of drug-likeness (QED) is 0.750. The molecule has 0 N–H and O–H groups in total. The molecule has 0 spiro atoms. The largest absolute Gasteiger partial charge is 0.299 e. The van der Waals surface area contributed by atoms with Crippen LogP contribution >= 0.6 is 0 Å². The second kappa shape index (κ2) is 5.87. The summed E-state index contributed by atoms with van der Waals surface area (Å²) in [6.45, 7) is 8.42. The molecule has 2 rings (SSSR count). The van der Waals surface area contributed by atoms with E-state index in [1.54, 1.807) is 0 Å². The highest BCUT2D eigenvalue weighted by Gasteiger charge is 2.34. The molecule has 0 aromatic heterocycles. The molecule has 1 fully saturated rings. The van der Waals surface area contributed by atoms with Gasteiger partial charge in [0.05, 0.1) is 0 Å². The van der Waals surface area contributed by atoms with Gasteiger partial charge in [-0.05, 0) is 25.8 Å². The first-order valence-electron chi connectivity index (χ1n) is 7.38. The molecule has 1 aliphatic rings. The molecule has 19 heavy (non-hydrogen) atoms. The average molecular weight is 259 g/mol. The minimum atomic E-state index is -0.306. The van der Waals surface area contributed by atoms with Crippen LogP contribution in [0.15, 0.2) is 30.3 Å². The first kappa shape index (κ1) is 14.3. The third-order valence-electron chi connectivity index (χ3n) is 4.22. The van der Waals surface area contributed by atoms with Gasteiger partial charge in [-0.25, -0.2) is 0 Å². The molecule has 1 aromatic rings. The Hall–Kier alpha value is -1.15. The summed E-state index contributed by atoms with van der Waals surface area (Å²) in [5.74, 6) is 0.259. The minimum absolute atomic E-state index is 0.259. The maximum absolute atomic E-state index is 12.6. The Balaban J connectivity index is 2.07. The van der Waals surface area contributed by atoms with Crippen molar-refractivity contribution in [3.8, 4) is 0 Å². The smallest absolute Gasteiger partial charge is 0.169 e. The number of carbonyl (C=O) groups is 1. The summed E-state index contributed by atoms with van der Waals surface area (Å²) < 4.78 is 0. The van der Waals surface area contributed by atoms with E-state index in [0.29, 0.717) is 6.04 Å². The van der Waals surface area contributed by atoms with Crippen molar-refractivity contribution in [1.82, 2.24) is 4.90 Å². The third kappa shape index (κ3) is 3.24. The van der Waals surface area contributed by atoms with E-state index in [9.17, 15) is 4.79 Å². The molecule has 104 valence electrons. The van der Waals surface area contributed by atoms with Gasteiger partial charge in [0, 0.05) is 23.6 Å². The molecule has 0 amide bonds. The van der Waals surface area contributed by atoms with Crippen molar-refractivity contribution in [3.05, 3.63) is 35.9 Å². The lowest BCUT2D eigenvalue weighted by Gasteiger charge is -2.32. The number of nitrogens with zero attached hydrogens (tertiary/aromatic N) is 1. The number of benzene rings is 1. The number of hydrogen-bond donors (Lipinski definition) is 0. The van der Waals surface area contributed by atoms with E-state index in [4.69, 9.17) is 0 Å². The van der Waals surface area contributed by atoms with Gasteiger partial charge in [0.2, 0.25) is 0 Å². The highest BCUT2D eigenvalue weighted by atomic mass is 16.1. The molecule has 1 atom stereocenters. The zero-order chi connectivity index (χ0) is 13.9. The Kier molecular flexibility index (Phi) is 4.41. The zero-order valence-electron chi connectivity index (χ0n) is 12.4. The van der Waals surface area contributed by atoms with Crippen LogP contribution in [0.5, 0.6) is 0 Å². The van der Waals surface area contributed by atoms with E-state index in [-0.39, 0.29) is 11.2 Å². The summed E-state index contributed by atoms with van der Waals surface area (Å²) in [6.07, 6.45) is 3.75. The summed E-state index contributed by atoms with van der Waals surface area (Å²) in [7, 11) is 0. The normalized spacial score (nSPS) is 20.7. The zero-order valence-corrected chi connectivity index (χ0v) is 12.4. The molecule has 1 aliphatic heterocycles. The second-order valence-electron chi connectivity index (χ2n) is 6.25. The summed E-state index contributed by atoms with van der Waals surface area (Å²) in [5, 5.41) is 0. The van der Waals surface area contributed by atoms with Crippen molar-refractivity contribution < 1.29 is 4.79 Å². The van der Waals surface area contributed by atoms with Crippen LogP contribution in [0, 0.1) is 5.41 Å². The fourth-order valence-electron chi connectivity index (χ4n) is 3.13. The topological polar surface area (TPSA) is 20.3 Å². The highest BCUT2D eigenvalue weighted by Crippen LogP contribution is 2.28. The van der Waals surface area contributed by atoms with Crippen molar-refractivity contribution >= 4 is 5.78 Å². The molecule has 0 bridgehead atoms. The average Bonchev–Trinajstić information content (AvgIpc) is 2.85. The molecular weight excluding hydrogens is 234 g/mol. The van der Waals surface area contributed by atoms with E-state index >= 15 is 0 Å². The number of rotatable bonds is 5. The van der Waals surface area contributed by atoms with Crippen LogP contribution in [0.1, 0.15) is 50.4 Å². The number of hydrogen-bond acceptors (Lipinski definition) is 2. The molecule has 0 radical (unpaired) electrons. The Bertz CT molecular complexity index is 424. The Morgan fingerprint density at radius 2 is 2.00 bits per heavy atom. The van der Waals surface area contributed by atoms with Crippen LogP contribution in [-0.4, -0.2) is 29.8 Å². The van der Waals surface area contributed by atoms with E-state index in [1.807, 2.05) is 30.3 Å².